The number of ether oxygens (including phenoxy) is 1. The number of anilines is 1. The molecule has 0 atom stereocenters. The van der Waals surface area contributed by atoms with Crippen molar-refractivity contribution in [3.8, 4) is 10.6 Å². The summed E-state index contributed by atoms with van der Waals surface area (Å²) >= 11 is 1.50. The lowest BCUT2D eigenvalue weighted by Crippen LogP contribution is -2.54. The standard InChI is InChI=1S/C24H24N8O3S/c1-24(2)11-30(12-24)9-18(33)27-13-5-14-20(26-6-13)21-19(22(34)28-14)23-32(29-21)8-16(36-23)15-7-25-17-10-35-4-3-31(15)17/h5-8H,3-4,9-12H2,1-2H3,(H,27,33)(H,28,34). The molecular weight excluding hydrogens is 480 g/mol. The SMILES string of the molecule is CC1(C)CN(CC(=O)Nc2cnc3c(c2)[nH]c(=O)c2c3nn3cc(-c4cnc5n4CCOC5)sc23)C1. The summed E-state index contributed by atoms with van der Waals surface area (Å²) in [6, 6.07) is 1.74. The molecule has 0 aliphatic carbocycles. The van der Waals surface area contributed by atoms with E-state index in [9.17, 15) is 9.59 Å². The summed E-state index contributed by atoms with van der Waals surface area (Å²) in [4.78, 5) is 41.4. The van der Waals surface area contributed by atoms with Crippen LogP contribution < -0.4 is 10.9 Å². The van der Waals surface area contributed by atoms with Gasteiger partial charge in [0.1, 0.15) is 33.7 Å². The minimum Gasteiger partial charge on any atom is -0.372 e. The quantitative estimate of drug-likeness (QED) is 0.385. The van der Waals surface area contributed by atoms with Gasteiger partial charge in [-0.1, -0.05) is 13.8 Å². The number of imidazole rings is 1. The van der Waals surface area contributed by atoms with E-state index in [0.29, 0.717) is 47.4 Å². The maximum Gasteiger partial charge on any atom is 0.261 e. The van der Waals surface area contributed by atoms with Gasteiger partial charge >= 0.3 is 0 Å². The van der Waals surface area contributed by atoms with Gasteiger partial charge in [-0.2, -0.15) is 5.10 Å². The number of hydrogen-bond donors (Lipinski definition) is 2. The monoisotopic (exact) mass is 504 g/mol. The number of aromatic nitrogens is 6. The van der Waals surface area contributed by atoms with E-state index in [0.717, 1.165) is 40.9 Å². The maximum absolute atomic E-state index is 13.1. The highest BCUT2D eigenvalue weighted by molar-refractivity contribution is 7.21. The van der Waals surface area contributed by atoms with Crippen molar-refractivity contribution in [2.45, 2.75) is 27.0 Å². The van der Waals surface area contributed by atoms with Crippen molar-refractivity contribution in [3.05, 3.63) is 40.8 Å². The van der Waals surface area contributed by atoms with Gasteiger partial charge in [0.15, 0.2) is 0 Å². The molecule has 0 spiro atoms. The molecule has 12 heteroatoms. The van der Waals surface area contributed by atoms with Crippen molar-refractivity contribution < 1.29 is 9.53 Å². The second-order valence-corrected chi connectivity index (χ2v) is 11.3. The van der Waals surface area contributed by atoms with Crippen LogP contribution in [0, 0.1) is 5.41 Å². The summed E-state index contributed by atoms with van der Waals surface area (Å²) in [7, 11) is 0. The molecule has 7 heterocycles. The third kappa shape index (κ3) is 3.44. The van der Waals surface area contributed by atoms with Crippen molar-refractivity contribution in [2.24, 2.45) is 5.41 Å². The third-order valence-electron chi connectivity index (χ3n) is 6.74. The summed E-state index contributed by atoms with van der Waals surface area (Å²) in [5.74, 6) is 0.801. The number of likely N-dealkylation sites (tertiary alicyclic amines) is 1. The van der Waals surface area contributed by atoms with Crippen LogP contribution in [0.25, 0.3) is 37.3 Å². The second-order valence-electron chi connectivity index (χ2n) is 10.3. The second kappa shape index (κ2) is 7.69. The Bertz CT molecular complexity index is 1740. The fraction of sp³-hybridized carbons (Fsp3) is 0.375. The fourth-order valence-corrected chi connectivity index (χ4v) is 6.42. The molecule has 7 rings (SSSR count). The zero-order valence-corrected chi connectivity index (χ0v) is 20.7. The number of thiazole rings is 1. The first-order valence-corrected chi connectivity index (χ1v) is 12.6. The highest BCUT2D eigenvalue weighted by Crippen LogP contribution is 2.34. The Hall–Kier alpha value is -3.61. The number of carbonyl (C=O) groups excluding carboxylic acids is 1. The van der Waals surface area contributed by atoms with E-state index < -0.39 is 0 Å². The maximum atomic E-state index is 13.1. The smallest absolute Gasteiger partial charge is 0.261 e. The van der Waals surface area contributed by atoms with Crippen molar-refractivity contribution in [2.75, 3.05) is 31.6 Å². The van der Waals surface area contributed by atoms with Gasteiger partial charge in [-0.3, -0.25) is 19.5 Å². The van der Waals surface area contributed by atoms with Crippen LogP contribution in [0.1, 0.15) is 19.7 Å². The number of rotatable bonds is 4. The van der Waals surface area contributed by atoms with Gasteiger partial charge in [0.05, 0.1) is 47.3 Å². The fourth-order valence-electron chi connectivity index (χ4n) is 5.31. The van der Waals surface area contributed by atoms with Crippen LogP contribution in [-0.4, -0.2) is 66.2 Å². The van der Waals surface area contributed by atoms with Gasteiger partial charge in [-0.05, 0) is 11.5 Å². The Kier molecular flexibility index (Phi) is 4.63. The van der Waals surface area contributed by atoms with Gasteiger partial charge in [0.25, 0.3) is 5.56 Å². The van der Waals surface area contributed by atoms with Gasteiger partial charge < -0.3 is 19.6 Å². The largest absolute Gasteiger partial charge is 0.372 e. The molecule has 0 unspecified atom stereocenters. The molecule has 11 nitrogen and oxygen atoms in total. The molecule has 36 heavy (non-hydrogen) atoms. The van der Waals surface area contributed by atoms with Crippen LogP contribution in [0.4, 0.5) is 5.69 Å². The van der Waals surface area contributed by atoms with Gasteiger partial charge in [0.2, 0.25) is 5.91 Å². The van der Waals surface area contributed by atoms with Crippen molar-refractivity contribution in [1.29, 1.82) is 0 Å². The van der Waals surface area contributed by atoms with E-state index in [4.69, 9.17) is 9.84 Å². The molecule has 1 saturated heterocycles. The Morgan fingerprint density at radius 1 is 1.25 bits per heavy atom. The normalized spacial score (nSPS) is 17.5. The number of carbonyl (C=O) groups is 1. The van der Waals surface area contributed by atoms with E-state index >= 15 is 0 Å². The molecule has 0 bridgehead atoms. The molecule has 1 amide bonds. The first kappa shape index (κ1) is 21.7. The molecule has 184 valence electrons. The lowest BCUT2D eigenvalue weighted by Gasteiger charge is -2.45. The first-order chi connectivity index (χ1) is 17.3. The van der Waals surface area contributed by atoms with Crippen LogP contribution in [0.15, 0.2) is 29.5 Å². The Labute approximate surface area is 208 Å². The van der Waals surface area contributed by atoms with Crippen molar-refractivity contribution in [1.82, 2.24) is 34.0 Å². The summed E-state index contributed by atoms with van der Waals surface area (Å²) in [5.41, 5.74) is 3.22. The van der Waals surface area contributed by atoms with Crippen LogP contribution >= 0.6 is 11.3 Å². The van der Waals surface area contributed by atoms with E-state index in [2.05, 4.69) is 43.6 Å². The van der Waals surface area contributed by atoms with Gasteiger partial charge in [0, 0.05) is 25.8 Å². The number of aromatic amines is 1. The first-order valence-electron chi connectivity index (χ1n) is 11.8. The van der Waals surface area contributed by atoms with Crippen LogP contribution in [0.2, 0.25) is 0 Å². The lowest BCUT2D eigenvalue weighted by molar-refractivity contribution is -0.120. The van der Waals surface area contributed by atoms with Crippen molar-refractivity contribution >= 4 is 49.7 Å². The molecule has 2 aliphatic rings. The molecule has 0 aromatic carbocycles. The molecular formula is C24H24N8O3S. The Balaban J connectivity index is 1.22. The third-order valence-corrected chi connectivity index (χ3v) is 7.85. The topological polar surface area (TPSA) is 122 Å². The van der Waals surface area contributed by atoms with Crippen LogP contribution in [0.3, 0.4) is 0 Å². The number of hydrogen-bond acceptors (Lipinski definition) is 8. The van der Waals surface area contributed by atoms with E-state index in [1.807, 2.05) is 12.4 Å². The van der Waals surface area contributed by atoms with E-state index in [-0.39, 0.29) is 16.9 Å². The summed E-state index contributed by atoms with van der Waals surface area (Å²) in [6.45, 7) is 8.41. The van der Waals surface area contributed by atoms with Crippen LogP contribution in [0.5, 0.6) is 0 Å². The minimum absolute atomic E-state index is 0.0984. The molecule has 5 aromatic rings. The molecule has 0 radical (unpaired) electrons. The number of nitrogens with one attached hydrogen (secondary N) is 2. The Morgan fingerprint density at radius 3 is 2.94 bits per heavy atom. The van der Waals surface area contributed by atoms with E-state index in [1.165, 1.54) is 11.3 Å². The summed E-state index contributed by atoms with van der Waals surface area (Å²) in [6.07, 6.45) is 5.38. The van der Waals surface area contributed by atoms with Crippen LogP contribution in [-0.2, 0) is 22.7 Å². The highest BCUT2D eigenvalue weighted by atomic mass is 32.1. The Morgan fingerprint density at radius 2 is 2.11 bits per heavy atom. The van der Waals surface area contributed by atoms with Gasteiger partial charge in [-0.25, -0.2) is 9.50 Å². The lowest BCUT2D eigenvalue weighted by atomic mass is 9.84. The average molecular weight is 505 g/mol. The molecule has 2 aliphatic heterocycles. The number of amides is 1. The number of nitrogens with zero attached hydrogens (tertiary/aromatic N) is 6. The molecule has 2 N–H and O–H groups in total. The van der Waals surface area contributed by atoms with Crippen molar-refractivity contribution in [3.63, 3.8) is 0 Å². The predicted molar refractivity (Wildman–Crippen MR) is 136 cm³/mol. The van der Waals surface area contributed by atoms with E-state index in [1.54, 1.807) is 16.8 Å². The average Bonchev–Trinajstić information content (AvgIpc) is 3.50. The molecule has 0 saturated carbocycles. The zero-order valence-electron chi connectivity index (χ0n) is 19.9. The van der Waals surface area contributed by atoms with Gasteiger partial charge in [-0.15, -0.1) is 11.3 Å². The number of pyridine rings is 2. The highest BCUT2D eigenvalue weighted by Gasteiger charge is 2.34. The molecule has 5 aromatic heterocycles. The number of fused-ring (bicyclic) bond motifs is 6. The number of H-pyrrole nitrogens is 1. The minimum atomic E-state index is -0.238. The molecule has 1 fully saturated rings. The zero-order chi connectivity index (χ0) is 24.6. The summed E-state index contributed by atoms with van der Waals surface area (Å²) in [5, 5.41) is 8.10. The summed E-state index contributed by atoms with van der Waals surface area (Å²) < 4.78 is 9.38. The predicted octanol–water partition coefficient (Wildman–Crippen LogP) is 2.46.